The molecule has 0 aromatic heterocycles. The number of ether oxygens (including phenoxy) is 2. The molecule has 0 heterocycles. The smallest absolute Gasteiger partial charge is 0.333 e. The molecule has 0 aromatic rings. The minimum Gasteiger partial charge on any atom is -0.463 e. The molecular weight excluding hydrogens is 244 g/mol. The number of hydrogen-bond donors (Lipinski definition) is 0. The van der Waals surface area contributed by atoms with Crippen LogP contribution < -0.4 is 0 Å². The van der Waals surface area contributed by atoms with E-state index in [0.29, 0.717) is 12.2 Å². The molecule has 0 amide bonds. The molecule has 4 nitrogen and oxygen atoms in total. The fraction of sp³-hybridized carbons (Fsp3) is 0.600. The van der Waals surface area contributed by atoms with E-state index in [1.165, 1.54) is 6.08 Å². The molecule has 0 bridgehead atoms. The highest BCUT2D eigenvalue weighted by Crippen LogP contribution is 2.00. The van der Waals surface area contributed by atoms with Crippen molar-refractivity contribution in [1.82, 2.24) is 0 Å². The first kappa shape index (κ1) is 19.8. The first-order valence-corrected chi connectivity index (χ1v) is 6.54. The summed E-state index contributed by atoms with van der Waals surface area (Å²) in [5, 5.41) is 0. The third-order valence-corrected chi connectivity index (χ3v) is 2.14. The van der Waals surface area contributed by atoms with E-state index >= 15 is 0 Å². The summed E-state index contributed by atoms with van der Waals surface area (Å²) < 4.78 is 9.60. The Hall–Kier alpha value is -1.58. The molecule has 0 aromatic carbocycles. The number of hydrogen-bond acceptors (Lipinski definition) is 4. The predicted octanol–water partition coefficient (Wildman–Crippen LogP) is 3.42. The Morgan fingerprint density at radius 1 is 1.32 bits per heavy atom. The van der Waals surface area contributed by atoms with Gasteiger partial charge in [0.15, 0.2) is 0 Å². The summed E-state index contributed by atoms with van der Waals surface area (Å²) in [6, 6.07) is 0. The van der Waals surface area contributed by atoms with Crippen molar-refractivity contribution in [3.8, 4) is 0 Å². The van der Waals surface area contributed by atoms with Crippen molar-refractivity contribution in [2.45, 2.75) is 53.1 Å². The van der Waals surface area contributed by atoms with Crippen LogP contribution in [0.15, 0.2) is 24.8 Å². The van der Waals surface area contributed by atoms with Crippen LogP contribution >= 0.6 is 0 Å². The molecule has 0 saturated heterocycles. The van der Waals surface area contributed by atoms with Gasteiger partial charge in [0.05, 0.1) is 12.7 Å². The van der Waals surface area contributed by atoms with Crippen molar-refractivity contribution < 1.29 is 19.1 Å². The fourth-order valence-corrected chi connectivity index (χ4v) is 0.743. The normalized spacial score (nSPS) is 10.5. The van der Waals surface area contributed by atoms with E-state index in [4.69, 9.17) is 4.74 Å². The second-order valence-corrected chi connectivity index (χ2v) is 4.13. The lowest BCUT2D eigenvalue weighted by Gasteiger charge is -2.09. The number of esters is 2. The topological polar surface area (TPSA) is 52.6 Å². The Balaban J connectivity index is 0. The van der Waals surface area contributed by atoms with Crippen molar-refractivity contribution in [1.29, 1.82) is 0 Å². The van der Waals surface area contributed by atoms with E-state index in [9.17, 15) is 9.59 Å². The van der Waals surface area contributed by atoms with E-state index in [-0.39, 0.29) is 18.0 Å². The van der Waals surface area contributed by atoms with Crippen molar-refractivity contribution in [2.75, 3.05) is 6.61 Å². The quantitative estimate of drug-likeness (QED) is 0.404. The van der Waals surface area contributed by atoms with Gasteiger partial charge in [0.1, 0.15) is 0 Å². The Morgan fingerprint density at radius 2 is 1.89 bits per heavy atom. The fourth-order valence-electron chi connectivity index (χ4n) is 0.743. The van der Waals surface area contributed by atoms with E-state index in [2.05, 4.69) is 17.9 Å². The molecule has 0 radical (unpaired) electrons. The molecule has 4 heteroatoms. The highest BCUT2D eigenvalue weighted by atomic mass is 16.5. The molecule has 0 saturated carbocycles. The highest BCUT2D eigenvalue weighted by molar-refractivity contribution is 5.87. The first-order chi connectivity index (χ1) is 8.88. The zero-order chi connectivity index (χ0) is 15.3. The minimum absolute atomic E-state index is 0.00389. The largest absolute Gasteiger partial charge is 0.463 e. The van der Waals surface area contributed by atoms with Crippen LogP contribution in [0.2, 0.25) is 0 Å². The van der Waals surface area contributed by atoms with E-state index in [1.54, 1.807) is 6.92 Å². The van der Waals surface area contributed by atoms with Crippen molar-refractivity contribution in [2.24, 2.45) is 0 Å². The van der Waals surface area contributed by atoms with E-state index in [1.807, 2.05) is 20.8 Å². The van der Waals surface area contributed by atoms with Crippen LogP contribution in [0, 0.1) is 0 Å². The summed E-state index contributed by atoms with van der Waals surface area (Å²) in [4.78, 5) is 21.1. The monoisotopic (exact) mass is 270 g/mol. The van der Waals surface area contributed by atoms with Crippen LogP contribution in [0.1, 0.15) is 47.0 Å². The minimum atomic E-state index is -0.330. The van der Waals surface area contributed by atoms with Crippen molar-refractivity contribution >= 4 is 11.9 Å². The van der Waals surface area contributed by atoms with Crippen LogP contribution in [-0.2, 0) is 19.1 Å². The van der Waals surface area contributed by atoms with Crippen LogP contribution in [0.25, 0.3) is 0 Å². The predicted molar refractivity (Wildman–Crippen MR) is 76.7 cm³/mol. The molecule has 0 aliphatic rings. The second-order valence-electron chi connectivity index (χ2n) is 4.13. The lowest BCUT2D eigenvalue weighted by Crippen LogP contribution is -2.13. The van der Waals surface area contributed by atoms with Gasteiger partial charge in [-0.25, -0.2) is 9.59 Å². The highest BCUT2D eigenvalue weighted by Gasteiger charge is 2.06. The third-order valence-electron chi connectivity index (χ3n) is 2.14. The Kier molecular flexibility index (Phi) is 13.4. The van der Waals surface area contributed by atoms with Gasteiger partial charge in [0, 0.05) is 11.6 Å². The maximum atomic E-state index is 10.8. The Bertz CT molecular complexity index is 295. The SMILES string of the molecule is C=C(C)C(=O)OC(C)CC.C=CC(=O)OCCCC. The molecule has 0 aliphatic carbocycles. The van der Waals surface area contributed by atoms with E-state index in [0.717, 1.165) is 19.3 Å². The maximum Gasteiger partial charge on any atom is 0.333 e. The standard InChI is InChI=1S/C8H14O2.C7H12O2/c1-5-7(4)10-8(9)6(2)3;1-3-5-6-9-7(8)4-2/h7H,2,5H2,1,3-4H3;4H,2-3,5-6H2,1H3. The number of unbranched alkanes of at least 4 members (excludes halogenated alkanes) is 1. The van der Waals surface area contributed by atoms with Crippen LogP contribution in [0.5, 0.6) is 0 Å². The Morgan fingerprint density at radius 3 is 2.26 bits per heavy atom. The molecule has 0 rings (SSSR count). The Labute approximate surface area is 116 Å². The summed E-state index contributed by atoms with van der Waals surface area (Å²) in [5.74, 6) is -0.627. The van der Waals surface area contributed by atoms with Crippen molar-refractivity contribution in [3.63, 3.8) is 0 Å². The van der Waals surface area contributed by atoms with Gasteiger partial charge in [0.2, 0.25) is 0 Å². The molecule has 1 atom stereocenters. The van der Waals surface area contributed by atoms with Gasteiger partial charge >= 0.3 is 11.9 Å². The van der Waals surface area contributed by atoms with Crippen LogP contribution in [-0.4, -0.2) is 24.6 Å². The molecule has 0 aliphatic heterocycles. The zero-order valence-electron chi connectivity index (χ0n) is 12.5. The van der Waals surface area contributed by atoms with Gasteiger partial charge in [0.25, 0.3) is 0 Å². The third kappa shape index (κ3) is 14.4. The first-order valence-electron chi connectivity index (χ1n) is 6.54. The summed E-state index contributed by atoms with van der Waals surface area (Å²) in [6.45, 7) is 14.8. The molecule has 0 spiro atoms. The summed E-state index contributed by atoms with van der Waals surface area (Å²) in [6.07, 6.45) is 4.00. The van der Waals surface area contributed by atoms with E-state index < -0.39 is 0 Å². The number of rotatable bonds is 7. The van der Waals surface area contributed by atoms with Crippen LogP contribution in [0.4, 0.5) is 0 Å². The average Bonchev–Trinajstić information content (AvgIpc) is 2.39. The van der Waals surface area contributed by atoms with Gasteiger partial charge < -0.3 is 9.47 Å². The van der Waals surface area contributed by atoms with Crippen molar-refractivity contribution in [3.05, 3.63) is 24.8 Å². The summed E-state index contributed by atoms with van der Waals surface area (Å²) in [5.41, 5.74) is 0.459. The molecule has 1 unspecified atom stereocenters. The van der Waals surface area contributed by atoms with Gasteiger partial charge in [-0.05, 0) is 26.7 Å². The van der Waals surface area contributed by atoms with Gasteiger partial charge in [-0.3, -0.25) is 0 Å². The second kappa shape index (κ2) is 12.9. The summed E-state index contributed by atoms with van der Waals surface area (Å²) in [7, 11) is 0. The molecular formula is C15H26O4. The molecule has 19 heavy (non-hydrogen) atoms. The maximum absolute atomic E-state index is 10.8. The zero-order valence-corrected chi connectivity index (χ0v) is 12.5. The van der Waals surface area contributed by atoms with Crippen LogP contribution in [0.3, 0.4) is 0 Å². The number of carbonyl (C=O) groups is 2. The molecule has 0 N–H and O–H groups in total. The lowest BCUT2D eigenvalue weighted by atomic mass is 10.3. The van der Waals surface area contributed by atoms with Gasteiger partial charge in [-0.15, -0.1) is 0 Å². The average molecular weight is 270 g/mol. The molecule has 110 valence electrons. The lowest BCUT2D eigenvalue weighted by molar-refractivity contribution is -0.143. The number of carbonyl (C=O) groups excluding carboxylic acids is 2. The summed E-state index contributed by atoms with van der Waals surface area (Å²) >= 11 is 0. The molecule has 0 fully saturated rings. The van der Waals surface area contributed by atoms with Gasteiger partial charge in [-0.1, -0.05) is 33.4 Å². The van der Waals surface area contributed by atoms with Gasteiger partial charge in [-0.2, -0.15) is 0 Å².